The van der Waals surface area contributed by atoms with E-state index in [1.807, 2.05) is 11.4 Å². The van der Waals surface area contributed by atoms with Gasteiger partial charge >= 0.3 is 0 Å². The highest BCUT2D eigenvalue weighted by atomic mass is 79.9. The molecule has 1 aromatic heterocycles. The number of hydrogen-bond donors (Lipinski definition) is 2. The van der Waals surface area contributed by atoms with E-state index in [1.54, 1.807) is 11.3 Å². The fraction of sp³-hybridized carbons (Fsp3) is 0.500. The van der Waals surface area contributed by atoms with Gasteiger partial charge in [-0.3, -0.25) is 0 Å². The van der Waals surface area contributed by atoms with Crippen molar-refractivity contribution in [2.75, 3.05) is 6.61 Å². The molecule has 68 valence electrons. The molecule has 1 rings (SSSR count). The molecule has 4 heteroatoms. The van der Waals surface area contributed by atoms with E-state index in [-0.39, 0.29) is 12.6 Å². The zero-order valence-electron chi connectivity index (χ0n) is 6.66. The maximum Gasteiger partial charge on any atom is 0.0431 e. The van der Waals surface area contributed by atoms with Crippen LogP contribution in [0.4, 0.5) is 0 Å². The second-order valence-electron chi connectivity index (χ2n) is 2.64. The minimum atomic E-state index is 0.0773. The first-order chi connectivity index (χ1) is 5.74. The lowest BCUT2D eigenvalue weighted by atomic mass is 10.1. The van der Waals surface area contributed by atoms with Crippen LogP contribution in [-0.4, -0.2) is 11.7 Å². The summed E-state index contributed by atoms with van der Waals surface area (Å²) in [6.07, 6.45) is 1.63. The van der Waals surface area contributed by atoms with Crippen molar-refractivity contribution in [2.45, 2.75) is 18.9 Å². The molecule has 1 heterocycles. The number of rotatable bonds is 4. The third-order valence-corrected chi connectivity index (χ3v) is 3.45. The highest BCUT2D eigenvalue weighted by Crippen LogP contribution is 2.26. The van der Waals surface area contributed by atoms with Gasteiger partial charge in [-0.05, 0) is 34.8 Å². The minimum absolute atomic E-state index is 0.0773. The molecule has 2 nitrogen and oxygen atoms in total. The van der Waals surface area contributed by atoms with Gasteiger partial charge in [-0.1, -0.05) is 0 Å². The zero-order valence-corrected chi connectivity index (χ0v) is 9.07. The number of aliphatic hydroxyl groups excluding tert-OH is 1. The van der Waals surface area contributed by atoms with Crippen molar-refractivity contribution in [3.05, 3.63) is 20.8 Å². The fourth-order valence-corrected chi connectivity index (χ4v) is 2.46. The molecule has 1 aromatic rings. The Labute approximate surface area is 84.5 Å². The topological polar surface area (TPSA) is 46.2 Å². The zero-order chi connectivity index (χ0) is 8.97. The van der Waals surface area contributed by atoms with Crippen LogP contribution in [0.3, 0.4) is 0 Å². The lowest BCUT2D eigenvalue weighted by Gasteiger charge is -2.06. The highest BCUT2D eigenvalue weighted by Gasteiger charge is 2.07. The van der Waals surface area contributed by atoms with Gasteiger partial charge in [0.1, 0.15) is 0 Å². The molecule has 0 amide bonds. The van der Waals surface area contributed by atoms with Gasteiger partial charge in [0.25, 0.3) is 0 Å². The summed E-state index contributed by atoms with van der Waals surface area (Å²) < 4.78 is 1.09. The van der Waals surface area contributed by atoms with E-state index < -0.39 is 0 Å². The van der Waals surface area contributed by atoms with E-state index in [2.05, 4.69) is 15.9 Å². The smallest absolute Gasteiger partial charge is 0.0431 e. The monoisotopic (exact) mass is 249 g/mol. The van der Waals surface area contributed by atoms with Crippen molar-refractivity contribution in [3.63, 3.8) is 0 Å². The molecule has 12 heavy (non-hydrogen) atoms. The van der Waals surface area contributed by atoms with E-state index in [0.717, 1.165) is 17.3 Å². The SMILES string of the molecule is NC(CCCO)c1cc(Br)cs1. The summed E-state index contributed by atoms with van der Waals surface area (Å²) in [5.74, 6) is 0. The van der Waals surface area contributed by atoms with Crippen molar-refractivity contribution in [1.29, 1.82) is 0 Å². The first kappa shape index (κ1) is 10.2. The van der Waals surface area contributed by atoms with Gasteiger partial charge in [0.2, 0.25) is 0 Å². The summed E-state index contributed by atoms with van der Waals surface area (Å²) >= 11 is 5.03. The Bertz CT molecular complexity index is 239. The van der Waals surface area contributed by atoms with Gasteiger partial charge < -0.3 is 10.8 Å². The van der Waals surface area contributed by atoms with Crippen LogP contribution in [-0.2, 0) is 0 Å². The first-order valence-electron chi connectivity index (χ1n) is 3.84. The van der Waals surface area contributed by atoms with Gasteiger partial charge in [0.05, 0.1) is 0 Å². The third-order valence-electron chi connectivity index (χ3n) is 1.63. The van der Waals surface area contributed by atoms with E-state index in [4.69, 9.17) is 10.8 Å². The molecule has 0 bridgehead atoms. The number of nitrogens with two attached hydrogens (primary N) is 1. The summed E-state index contributed by atoms with van der Waals surface area (Å²) in [5, 5.41) is 10.6. The Balaban J connectivity index is 2.47. The number of hydrogen-bond acceptors (Lipinski definition) is 3. The lowest BCUT2D eigenvalue weighted by molar-refractivity contribution is 0.280. The van der Waals surface area contributed by atoms with E-state index >= 15 is 0 Å². The van der Waals surface area contributed by atoms with Crippen LogP contribution >= 0.6 is 27.3 Å². The maximum absolute atomic E-state index is 8.61. The molecule has 0 aromatic carbocycles. The molecule has 0 radical (unpaired) electrons. The molecule has 0 saturated heterocycles. The fourth-order valence-electron chi connectivity index (χ4n) is 0.976. The van der Waals surface area contributed by atoms with Crippen LogP contribution in [0.5, 0.6) is 0 Å². The number of aliphatic hydroxyl groups is 1. The Hall–Kier alpha value is 0.1000. The van der Waals surface area contributed by atoms with Crippen molar-refractivity contribution < 1.29 is 5.11 Å². The van der Waals surface area contributed by atoms with Crippen molar-refractivity contribution in [1.82, 2.24) is 0 Å². The second-order valence-corrected chi connectivity index (χ2v) is 4.50. The molecule has 0 aliphatic rings. The molecule has 0 spiro atoms. The third kappa shape index (κ3) is 2.86. The molecule has 3 N–H and O–H groups in total. The summed E-state index contributed by atoms with van der Waals surface area (Å²) in [6, 6.07) is 2.11. The molecule has 0 aliphatic carbocycles. The van der Waals surface area contributed by atoms with Crippen LogP contribution in [0.1, 0.15) is 23.8 Å². The molecule has 0 saturated carbocycles. The van der Waals surface area contributed by atoms with Gasteiger partial charge in [-0.2, -0.15) is 0 Å². The first-order valence-corrected chi connectivity index (χ1v) is 5.51. The largest absolute Gasteiger partial charge is 0.396 e. The molecule has 0 aliphatic heterocycles. The number of halogens is 1. The Kier molecular flexibility index (Phi) is 4.21. The van der Waals surface area contributed by atoms with E-state index in [0.29, 0.717) is 0 Å². The van der Waals surface area contributed by atoms with Crippen molar-refractivity contribution in [3.8, 4) is 0 Å². The van der Waals surface area contributed by atoms with Crippen molar-refractivity contribution in [2.24, 2.45) is 5.73 Å². The summed E-state index contributed by atoms with van der Waals surface area (Å²) in [5.41, 5.74) is 5.87. The van der Waals surface area contributed by atoms with Crippen LogP contribution in [0.15, 0.2) is 15.9 Å². The Morgan fingerprint density at radius 1 is 1.67 bits per heavy atom. The number of thiophene rings is 1. The lowest BCUT2D eigenvalue weighted by Crippen LogP contribution is -2.08. The quantitative estimate of drug-likeness (QED) is 0.861. The normalized spacial score (nSPS) is 13.2. The van der Waals surface area contributed by atoms with Crippen LogP contribution < -0.4 is 5.73 Å². The van der Waals surface area contributed by atoms with E-state index in [9.17, 15) is 0 Å². The Morgan fingerprint density at radius 3 is 2.92 bits per heavy atom. The standard InChI is InChI=1S/C8H12BrNOS/c9-6-4-8(12-5-6)7(10)2-1-3-11/h4-5,7,11H,1-3,10H2. The molecular weight excluding hydrogens is 238 g/mol. The average molecular weight is 250 g/mol. The minimum Gasteiger partial charge on any atom is -0.396 e. The van der Waals surface area contributed by atoms with Crippen LogP contribution in [0.2, 0.25) is 0 Å². The van der Waals surface area contributed by atoms with Crippen LogP contribution in [0.25, 0.3) is 0 Å². The molecule has 1 atom stereocenters. The van der Waals surface area contributed by atoms with Crippen molar-refractivity contribution >= 4 is 27.3 Å². The molecule has 0 fully saturated rings. The summed E-state index contributed by atoms with van der Waals surface area (Å²) in [7, 11) is 0. The average Bonchev–Trinajstić information content (AvgIpc) is 2.47. The maximum atomic E-state index is 8.61. The van der Waals surface area contributed by atoms with Gasteiger partial charge in [0, 0.05) is 27.4 Å². The van der Waals surface area contributed by atoms with Crippen LogP contribution in [0, 0.1) is 0 Å². The molecule has 1 unspecified atom stereocenters. The molecular formula is C8H12BrNOS. The van der Waals surface area contributed by atoms with Gasteiger partial charge in [-0.15, -0.1) is 11.3 Å². The second kappa shape index (κ2) is 4.97. The van der Waals surface area contributed by atoms with Gasteiger partial charge in [0.15, 0.2) is 0 Å². The predicted octanol–water partition coefficient (Wildman–Crippen LogP) is 2.28. The summed E-state index contributed by atoms with van der Waals surface area (Å²) in [6.45, 7) is 0.222. The predicted molar refractivity (Wildman–Crippen MR) is 55.3 cm³/mol. The Morgan fingerprint density at radius 2 is 2.42 bits per heavy atom. The van der Waals surface area contributed by atoms with Gasteiger partial charge in [-0.25, -0.2) is 0 Å². The van der Waals surface area contributed by atoms with E-state index in [1.165, 1.54) is 4.88 Å². The highest BCUT2D eigenvalue weighted by molar-refractivity contribution is 9.10. The summed E-state index contributed by atoms with van der Waals surface area (Å²) in [4.78, 5) is 1.18.